The van der Waals surface area contributed by atoms with Crippen molar-refractivity contribution in [3.63, 3.8) is 0 Å². The number of hydrogen-bond donors (Lipinski definition) is 3. The monoisotopic (exact) mass is 490 g/mol. The van der Waals surface area contributed by atoms with Crippen LogP contribution in [0.2, 0.25) is 0 Å². The van der Waals surface area contributed by atoms with Gasteiger partial charge in [0.05, 0.1) is 18.8 Å². The third-order valence-corrected chi connectivity index (χ3v) is 7.46. The molecule has 1 fully saturated rings. The lowest BCUT2D eigenvalue weighted by Gasteiger charge is -2.41. The van der Waals surface area contributed by atoms with E-state index in [2.05, 4.69) is 25.1 Å². The fourth-order valence-corrected chi connectivity index (χ4v) is 5.11. The SMILES string of the molecule is Cc1ccc([C@@H]2O[C@H](CO)C(C)[C@H](O)C2O)cc1Cc1ccc(OCC2Cc3ccccc3O2)cc1. The van der Waals surface area contributed by atoms with Gasteiger partial charge in [-0.25, -0.2) is 0 Å². The predicted molar refractivity (Wildman–Crippen MR) is 136 cm³/mol. The quantitative estimate of drug-likeness (QED) is 0.468. The van der Waals surface area contributed by atoms with Gasteiger partial charge in [0.25, 0.3) is 0 Å². The summed E-state index contributed by atoms with van der Waals surface area (Å²) in [5, 5.41) is 30.8. The molecule has 3 N–H and O–H groups in total. The zero-order valence-corrected chi connectivity index (χ0v) is 20.7. The van der Waals surface area contributed by atoms with Crippen molar-refractivity contribution in [2.75, 3.05) is 13.2 Å². The van der Waals surface area contributed by atoms with Crippen molar-refractivity contribution in [1.29, 1.82) is 0 Å². The van der Waals surface area contributed by atoms with E-state index in [1.165, 1.54) is 5.56 Å². The maximum Gasteiger partial charge on any atom is 0.137 e. The molecule has 3 aromatic rings. The van der Waals surface area contributed by atoms with Crippen LogP contribution in [0.3, 0.4) is 0 Å². The first-order valence-electron chi connectivity index (χ1n) is 12.6. The van der Waals surface area contributed by atoms with E-state index in [0.29, 0.717) is 13.0 Å². The van der Waals surface area contributed by atoms with Crippen molar-refractivity contribution >= 4 is 0 Å². The van der Waals surface area contributed by atoms with Crippen LogP contribution in [-0.2, 0) is 17.6 Å². The average molecular weight is 491 g/mol. The molecule has 2 aliphatic heterocycles. The molecule has 0 aromatic heterocycles. The Morgan fingerprint density at radius 3 is 2.50 bits per heavy atom. The highest BCUT2D eigenvalue weighted by Gasteiger charge is 2.42. The standard InChI is InChI=1S/C30H34O6/c1-18-7-10-22(30-29(33)28(32)19(2)27(16-31)36-30)14-23(18)13-20-8-11-24(12-9-20)34-17-25-15-21-5-3-4-6-26(21)35-25/h3-12,14,19,25,27-33H,13,15-17H2,1-2H3/t19?,25?,27-,28+,29?,30+/m1/s1. The number of aryl methyl sites for hydroxylation is 1. The largest absolute Gasteiger partial charge is 0.490 e. The van der Waals surface area contributed by atoms with Gasteiger partial charge in [-0.2, -0.15) is 0 Å². The van der Waals surface area contributed by atoms with Crippen LogP contribution < -0.4 is 9.47 Å². The summed E-state index contributed by atoms with van der Waals surface area (Å²) in [6, 6.07) is 22.1. The van der Waals surface area contributed by atoms with Crippen LogP contribution in [0, 0.1) is 12.8 Å². The zero-order valence-electron chi connectivity index (χ0n) is 20.7. The van der Waals surface area contributed by atoms with Gasteiger partial charge >= 0.3 is 0 Å². The molecule has 5 rings (SSSR count). The van der Waals surface area contributed by atoms with Crippen molar-refractivity contribution in [2.45, 2.75) is 57.2 Å². The molecule has 6 nitrogen and oxygen atoms in total. The average Bonchev–Trinajstić information content (AvgIpc) is 3.32. The number of ether oxygens (including phenoxy) is 3. The highest BCUT2D eigenvalue weighted by Crippen LogP contribution is 2.36. The van der Waals surface area contributed by atoms with E-state index < -0.39 is 24.4 Å². The molecule has 2 heterocycles. The molecule has 2 aliphatic rings. The van der Waals surface area contributed by atoms with Crippen LogP contribution in [0.1, 0.15) is 40.8 Å². The molecular weight excluding hydrogens is 456 g/mol. The lowest BCUT2D eigenvalue weighted by molar-refractivity contribution is -0.207. The second-order valence-electron chi connectivity index (χ2n) is 9.99. The molecule has 0 aliphatic carbocycles. The lowest BCUT2D eigenvalue weighted by Crippen LogP contribution is -2.50. The van der Waals surface area contributed by atoms with E-state index in [0.717, 1.165) is 40.2 Å². The van der Waals surface area contributed by atoms with Crippen molar-refractivity contribution < 1.29 is 29.5 Å². The molecule has 1 saturated heterocycles. The molecule has 0 saturated carbocycles. The molecule has 190 valence electrons. The van der Waals surface area contributed by atoms with Crippen molar-refractivity contribution in [3.05, 3.63) is 94.5 Å². The Morgan fingerprint density at radius 1 is 0.972 bits per heavy atom. The number of benzene rings is 3. The van der Waals surface area contributed by atoms with Gasteiger partial charge in [0.15, 0.2) is 0 Å². The summed E-state index contributed by atoms with van der Waals surface area (Å²) in [4.78, 5) is 0. The van der Waals surface area contributed by atoms with Gasteiger partial charge in [0.2, 0.25) is 0 Å². The van der Waals surface area contributed by atoms with Gasteiger partial charge in [0.1, 0.15) is 36.4 Å². The number of fused-ring (bicyclic) bond motifs is 1. The summed E-state index contributed by atoms with van der Waals surface area (Å²) < 4.78 is 17.9. The van der Waals surface area contributed by atoms with E-state index in [-0.39, 0.29) is 18.6 Å². The Bertz CT molecular complexity index is 1150. The minimum absolute atomic E-state index is 0.0248. The van der Waals surface area contributed by atoms with Crippen LogP contribution in [0.4, 0.5) is 0 Å². The minimum atomic E-state index is -1.05. The van der Waals surface area contributed by atoms with Gasteiger partial charge in [-0.05, 0) is 59.4 Å². The molecule has 0 radical (unpaired) electrons. The summed E-state index contributed by atoms with van der Waals surface area (Å²) in [5.74, 6) is 1.41. The first-order valence-corrected chi connectivity index (χ1v) is 12.6. The molecule has 0 amide bonds. The van der Waals surface area contributed by atoms with Crippen LogP contribution in [0.25, 0.3) is 0 Å². The Hall–Kier alpha value is -2.90. The van der Waals surface area contributed by atoms with E-state index in [9.17, 15) is 15.3 Å². The Balaban J connectivity index is 1.22. The molecular formula is C30H34O6. The molecule has 3 unspecified atom stereocenters. The molecule has 36 heavy (non-hydrogen) atoms. The molecule has 0 spiro atoms. The Kier molecular flexibility index (Phi) is 7.30. The molecule has 6 heteroatoms. The smallest absolute Gasteiger partial charge is 0.137 e. The van der Waals surface area contributed by atoms with Crippen molar-refractivity contribution in [3.8, 4) is 11.5 Å². The summed E-state index contributed by atoms with van der Waals surface area (Å²) in [5.41, 5.74) is 5.41. The zero-order chi connectivity index (χ0) is 25.2. The second kappa shape index (κ2) is 10.6. The summed E-state index contributed by atoms with van der Waals surface area (Å²) in [6.07, 6.45) is -1.61. The number of para-hydroxylation sites is 1. The number of aliphatic hydroxyl groups is 3. The van der Waals surface area contributed by atoms with Crippen molar-refractivity contribution in [2.24, 2.45) is 5.92 Å². The van der Waals surface area contributed by atoms with Gasteiger partial charge in [0, 0.05) is 12.3 Å². The first-order chi connectivity index (χ1) is 17.4. The van der Waals surface area contributed by atoms with E-state index in [4.69, 9.17) is 14.2 Å². The molecule has 0 bridgehead atoms. The van der Waals surface area contributed by atoms with Gasteiger partial charge < -0.3 is 29.5 Å². The number of rotatable bonds is 7. The van der Waals surface area contributed by atoms with Crippen LogP contribution in [0.15, 0.2) is 66.7 Å². The third kappa shape index (κ3) is 5.13. The number of hydrogen-bond acceptors (Lipinski definition) is 6. The third-order valence-electron chi connectivity index (χ3n) is 7.46. The number of aliphatic hydroxyl groups excluding tert-OH is 3. The first kappa shape index (κ1) is 24.8. The maximum atomic E-state index is 10.7. The van der Waals surface area contributed by atoms with E-state index >= 15 is 0 Å². The molecule has 6 atom stereocenters. The predicted octanol–water partition coefficient (Wildman–Crippen LogP) is 3.76. The summed E-state index contributed by atoms with van der Waals surface area (Å²) in [7, 11) is 0. The van der Waals surface area contributed by atoms with Gasteiger partial charge in [-0.3, -0.25) is 0 Å². The second-order valence-corrected chi connectivity index (χ2v) is 9.99. The topological polar surface area (TPSA) is 88.4 Å². The highest BCUT2D eigenvalue weighted by molar-refractivity contribution is 5.39. The fourth-order valence-electron chi connectivity index (χ4n) is 5.11. The summed E-state index contributed by atoms with van der Waals surface area (Å²) >= 11 is 0. The molecule has 3 aromatic carbocycles. The van der Waals surface area contributed by atoms with Crippen LogP contribution >= 0.6 is 0 Å². The van der Waals surface area contributed by atoms with Crippen molar-refractivity contribution in [1.82, 2.24) is 0 Å². The van der Waals surface area contributed by atoms with Gasteiger partial charge in [-0.1, -0.05) is 55.5 Å². The minimum Gasteiger partial charge on any atom is -0.490 e. The van der Waals surface area contributed by atoms with Crippen LogP contribution in [-0.4, -0.2) is 52.9 Å². The normalized spacial score (nSPS) is 27.4. The van der Waals surface area contributed by atoms with Crippen LogP contribution in [0.5, 0.6) is 11.5 Å². The Labute approximate surface area is 212 Å². The fraction of sp³-hybridized carbons (Fsp3) is 0.400. The van der Waals surface area contributed by atoms with E-state index in [1.54, 1.807) is 6.92 Å². The summed E-state index contributed by atoms with van der Waals surface area (Å²) in [6.45, 7) is 4.13. The Morgan fingerprint density at radius 2 is 1.75 bits per heavy atom. The van der Waals surface area contributed by atoms with Gasteiger partial charge in [-0.15, -0.1) is 0 Å². The lowest BCUT2D eigenvalue weighted by atomic mass is 9.85. The highest BCUT2D eigenvalue weighted by atomic mass is 16.5. The van der Waals surface area contributed by atoms with E-state index in [1.807, 2.05) is 48.5 Å². The maximum absolute atomic E-state index is 10.7.